The highest BCUT2D eigenvalue weighted by molar-refractivity contribution is 7.90. The number of methoxy groups -OCH3 is 2. The molecule has 0 unspecified atom stereocenters. The Morgan fingerprint density at radius 2 is 1.72 bits per heavy atom. The van der Waals surface area contributed by atoms with Crippen LogP contribution in [0.15, 0.2) is 30.3 Å². The molecule has 4 fully saturated rings. The van der Waals surface area contributed by atoms with Gasteiger partial charge in [-0.15, -0.1) is 0 Å². The first-order chi connectivity index (χ1) is 17.0. The smallest absolute Gasteiger partial charge is 0.311 e. The van der Waals surface area contributed by atoms with Crippen LogP contribution in [-0.2, 0) is 40.4 Å². The van der Waals surface area contributed by atoms with Gasteiger partial charge >= 0.3 is 11.9 Å². The number of amides is 1. The van der Waals surface area contributed by atoms with E-state index < -0.39 is 57.2 Å². The summed E-state index contributed by atoms with van der Waals surface area (Å²) in [4.78, 5) is 41.8. The third kappa shape index (κ3) is 3.44. The van der Waals surface area contributed by atoms with Gasteiger partial charge in [-0.25, -0.2) is 12.7 Å². The van der Waals surface area contributed by atoms with Crippen molar-refractivity contribution in [3.8, 4) is 0 Å². The van der Waals surface area contributed by atoms with Crippen LogP contribution >= 0.6 is 0 Å². The van der Waals surface area contributed by atoms with E-state index in [4.69, 9.17) is 9.47 Å². The van der Waals surface area contributed by atoms with Crippen LogP contribution < -0.4 is 0 Å². The highest BCUT2D eigenvalue weighted by Gasteiger charge is 2.73. The van der Waals surface area contributed by atoms with Gasteiger partial charge in [0, 0.05) is 18.5 Å². The van der Waals surface area contributed by atoms with E-state index in [2.05, 4.69) is 13.8 Å². The van der Waals surface area contributed by atoms with Gasteiger partial charge in [-0.1, -0.05) is 44.2 Å². The largest absolute Gasteiger partial charge is 0.469 e. The highest BCUT2D eigenvalue weighted by atomic mass is 32.2. The van der Waals surface area contributed by atoms with E-state index in [1.165, 1.54) is 14.2 Å². The summed E-state index contributed by atoms with van der Waals surface area (Å²) in [5.41, 5.74) is 0.193. The van der Waals surface area contributed by atoms with Crippen LogP contribution in [0, 0.1) is 28.6 Å². The zero-order valence-electron chi connectivity index (χ0n) is 21.2. The number of nitrogens with zero attached hydrogens (tertiary/aromatic N) is 2. The summed E-state index contributed by atoms with van der Waals surface area (Å²) in [5, 5.41) is 0. The maximum Gasteiger partial charge on any atom is 0.311 e. The molecule has 2 aliphatic heterocycles. The van der Waals surface area contributed by atoms with Gasteiger partial charge in [-0.2, -0.15) is 0 Å². The number of carbonyl (C=O) groups is 3. The Morgan fingerprint density at radius 1 is 1.06 bits per heavy atom. The molecule has 2 heterocycles. The Kier molecular flexibility index (Phi) is 5.98. The number of hydrogen-bond acceptors (Lipinski definition) is 8. The van der Waals surface area contributed by atoms with Gasteiger partial charge in [0.25, 0.3) is 5.91 Å². The molecule has 4 aliphatic rings. The topological polar surface area (TPSA) is 110 Å². The van der Waals surface area contributed by atoms with Crippen LogP contribution in [0.1, 0.15) is 38.7 Å². The lowest BCUT2D eigenvalue weighted by atomic mass is 9.69. The number of fused-ring (bicyclic) bond motifs is 1. The van der Waals surface area contributed by atoms with Gasteiger partial charge in [0.1, 0.15) is 6.04 Å². The van der Waals surface area contributed by atoms with Gasteiger partial charge in [-0.3, -0.25) is 19.3 Å². The highest BCUT2D eigenvalue weighted by Crippen LogP contribution is 2.70. The molecule has 2 saturated carbocycles. The normalized spacial score (nSPS) is 36.0. The lowest BCUT2D eigenvalue weighted by Gasteiger charge is -2.38. The number of sulfonamides is 1. The van der Waals surface area contributed by atoms with Crippen molar-refractivity contribution >= 4 is 27.9 Å². The Morgan fingerprint density at radius 3 is 2.33 bits per heavy atom. The lowest BCUT2D eigenvalue weighted by molar-refractivity contribution is -0.158. The van der Waals surface area contributed by atoms with Crippen molar-refractivity contribution in [2.45, 2.75) is 51.7 Å². The van der Waals surface area contributed by atoms with Gasteiger partial charge in [0.2, 0.25) is 10.0 Å². The van der Waals surface area contributed by atoms with Crippen molar-refractivity contribution in [2.75, 3.05) is 26.5 Å². The second-order valence-electron chi connectivity index (χ2n) is 11.3. The minimum absolute atomic E-state index is 0.0609. The first-order valence-corrected chi connectivity index (χ1v) is 14.1. The first-order valence-electron chi connectivity index (χ1n) is 12.5. The lowest BCUT2D eigenvalue weighted by Crippen LogP contribution is -2.54. The molecule has 0 N–H and O–H groups in total. The van der Waals surface area contributed by atoms with Crippen molar-refractivity contribution in [3.63, 3.8) is 0 Å². The van der Waals surface area contributed by atoms with Crippen LogP contribution in [0.5, 0.6) is 0 Å². The Bertz CT molecular complexity index is 1180. The summed E-state index contributed by atoms with van der Waals surface area (Å²) in [5.74, 6) is -3.82. The predicted molar refractivity (Wildman–Crippen MR) is 130 cm³/mol. The average Bonchev–Trinajstić information content (AvgIpc) is 3.48. The van der Waals surface area contributed by atoms with Crippen molar-refractivity contribution in [3.05, 3.63) is 35.9 Å². The Hall–Kier alpha value is -2.46. The molecule has 2 aliphatic carbocycles. The number of carbonyl (C=O) groups excluding carboxylic acids is 3. The minimum Gasteiger partial charge on any atom is -0.469 e. The van der Waals surface area contributed by atoms with Crippen LogP contribution in [-0.4, -0.2) is 74.1 Å². The van der Waals surface area contributed by atoms with E-state index in [0.717, 1.165) is 22.7 Å². The maximum absolute atomic E-state index is 14.3. The Labute approximate surface area is 212 Å². The van der Waals surface area contributed by atoms with Crippen molar-refractivity contribution < 1.29 is 32.3 Å². The number of ether oxygens (including phenoxy) is 2. The van der Waals surface area contributed by atoms with E-state index in [0.29, 0.717) is 12.3 Å². The number of rotatable bonds is 5. The van der Waals surface area contributed by atoms with Crippen molar-refractivity contribution in [2.24, 2.45) is 28.6 Å². The van der Waals surface area contributed by atoms with E-state index in [1.807, 2.05) is 30.3 Å². The van der Waals surface area contributed by atoms with E-state index in [-0.39, 0.29) is 24.3 Å². The molecular formula is C26H34N2O7S. The molecule has 0 aromatic heterocycles. The summed E-state index contributed by atoms with van der Waals surface area (Å²) < 4.78 is 38.3. The number of hydrogen-bond donors (Lipinski definition) is 0. The second kappa shape index (κ2) is 8.55. The molecule has 1 aromatic carbocycles. The van der Waals surface area contributed by atoms with Gasteiger partial charge < -0.3 is 9.47 Å². The minimum atomic E-state index is -3.90. The van der Waals surface area contributed by atoms with E-state index in [1.54, 1.807) is 4.90 Å². The first kappa shape index (κ1) is 25.2. The Balaban J connectivity index is 1.57. The van der Waals surface area contributed by atoms with Crippen LogP contribution in [0.25, 0.3) is 0 Å². The third-order valence-corrected chi connectivity index (χ3v) is 11.6. The standard InChI is InChI=1S/C26H34N2O7S/c1-25(2)17-10-11-26(25)15-36(32,33)28(19(26)12-17)22(29)21-20(24(31)35-4)18(23(30)34-3)14-27(21)13-16-8-6-5-7-9-16/h5-9,17-21H,10-15H2,1-4H3/t17-,18+,19-,20+,21+,26-/m0/s1. The molecule has 1 aromatic rings. The SMILES string of the molecule is COC(=O)[C@@H]1[C@H](C(=O)OC)CN(Cc2ccccc2)[C@H]1C(=O)N1[C@H]2C[C@@H]3CC[C@@]2(CS1(=O)=O)C3(C)C. The van der Waals surface area contributed by atoms with E-state index >= 15 is 0 Å². The van der Waals surface area contributed by atoms with Gasteiger partial charge in [-0.05, 0) is 36.2 Å². The summed E-state index contributed by atoms with van der Waals surface area (Å²) in [6.45, 7) is 4.59. The molecule has 2 bridgehead atoms. The number of esters is 2. The molecule has 1 spiro atoms. The van der Waals surface area contributed by atoms with Gasteiger partial charge in [0.05, 0.1) is 37.9 Å². The summed E-state index contributed by atoms with van der Waals surface area (Å²) >= 11 is 0. The predicted octanol–water partition coefficient (Wildman–Crippen LogP) is 1.82. The fraction of sp³-hybridized carbons (Fsp3) is 0.654. The fourth-order valence-corrected chi connectivity index (χ4v) is 10.3. The zero-order chi connectivity index (χ0) is 26.0. The molecular weight excluding hydrogens is 484 g/mol. The zero-order valence-corrected chi connectivity index (χ0v) is 22.0. The molecule has 6 atom stereocenters. The number of benzene rings is 1. The molecule has 0 radical (unpaired) electrons. The molecule has 196 valence electrons. The molecule has 10 heteroatoms. The molecule has 1 amide bonds. The van der Waals surface area contributed by atoms with E-state index in [9.17, 15) is 22.8 Å². The summed E-state index contributed by atoms with van der Waals surface area (Å²) in [7, 11) is -1.46. The average molecular weight is 519 g/mol. The summed E-state index contributed by atoms with van der Waals surface area (Å²) in [6.07, 6.45) is 2.36. The second-order valence-corrected chi connectivity index (χ2v) is 13.1. The maximum atomic E-state index is 14.3. The van der Waals surface area contributed by atoms with Crippen molar-refractivity contribution in [1.29, 1.82) is 0 Å². The van der Waals surface area contributed by atoms with Crippen LogP contribution in [0.4, 0.5) is 0 Å². The van der Waals surface area contributed by atoms with Gasteiger partial charge in [0.15, 0.2) is 0 Å². The van der Waals surface area contributed by atoms with Crippen molar-refractivity contribution in [1.82, 2.24) is 9.21 Å². The molecule has 36 heavy (non-hydrogen) atoms. The molecule has 2 saturated heterocycles. The quantitative estimate of drug-likeness (QED) is 0.543. The van der Waals surface area contributed by atoms with Crippen LogP contribution in [0.2, 0.25) is 0 Å². The third-order valence-electron chi connectivity index (χ3n) is 9.69. The molecule has 9 nitrogen and oxygen atoms in total. The molecule has 5 rings (SSSR count). The summed E-state index contributed by atoms with van der Waals surface area (Å²) in [6, 6.07) is 7.79. The monoisotopic (exact) mass is 518 g/mol. The fourth-order valence-electron chi connectivity index (χ4n) is 7.73. The van der Waals surface area contributed by atoms with Crippen LogP contribution in [0.3, 0.4) is 0 Å². The number of likely N-dealkylation sites (tertiary alicyclic amines) is 1.